The van der Waals surface area contributed by atoms with Gasteiger partial charge in [0.2, 0.25) is 5.91 Å². The first-order valence-corrected chi connectivity index (χ1v) is 7.11. The third-order valence-corrected chi connectivity index (χ3v) is 3.98. The third-order valence-electron chi connectivity index (χ3n) is 3.98. The molecule has 0 saturated heterocycles. The van der Waals surface area contributed by atoms with Gasteiger partial charge in [-0.1, -0.05) is 31.9 Å². The van der Waals surface area contributed by atoms with Crippen molar-refractivity contribution in [2.45, 2.75) is 45.1 Å². The summed E-state index contributed by atoms with van der Waals surface area (Å²) in [5.74, 6) is 1.56. The predicted molar refractivity (Wildman–Crippen MR) is 76.3 cm³/mol. The molecule has 1 saturated carbocycles. The van der Waals surface area contributed by atoms with Gasteiger partial charge < -0.3 is 10.1 Å². The van der Waals surface area contributed by atoms with Gasteiger partial charge in [0, 0.05) is 6.04 Å². The lowest BCUT2D eigenvalue weighted by Crippen LogP contribution is -2.41. The Bertz CT molecular complexity index is 413. The molecule has 3 heteroatoms. The zero-order valence-electron chi connectivity index (χ0n) is 11.8. The van der Waals surface area contributed by atoms with Gasteiger partial charge in [0.05, 0.1) is 13.5 Å². The largest absolute Gasteiger partial charge is 0.497 e. The van der Waals surface area contributed by atoms with Crippen LogP contribution in [0, 0.1) is 5.92 Å². The van der Waals surface area contributed by atoms with E-state index in [9.17, 15) is 4.79 Å². The lowest BCUT2D eigenvalue weighted by molar-refractivity contribution is -0.121. The van der Waals surface area contributed by atoms with Crippen LogP contribution in [0.5, 0.6) is 5.75 Å². The fourth-order valence-electron chi connectivity index (χ4n) is 2.72. The van der Waals surface area contributed by atoms with Crippen LogP contribution in [0.15, 0.2) is 24.3 Å². The van der Waals surface area contributed by atoms with Crippen LogP contribution < -0.4 is 10.1 Å². The van der Waals surface area contributed by atoms with E-state index in [-0.39, 0.29) is 5.91 Å². The standard InChI is InChI=1S/C16H23NO2/c1-12-5-3-4-6-15(12)17-16(18)11-13-7-9-14(19-2)10-8-13/h7-10,12,15H,3-6,11H2,1-2H3,(H,17,18)/t12-,15+/m1/s1. The Morgan fingerprint density at radius 1 is 1.26 bits per heavy atom. The average Bonchev–Trinajstić information content (AvgIpc) is 2.42. The highest BCUT2D eigenvalue weighted by Gasteiger charge is 2.22. The van der Waals surface area contributed by atoms with Crippen LogP contribution in [-0.4, -0.2) is 19.1 Å². The van der Waals surface area contributed by atoms with E-state index < -0.39 is 0 Å². The van der Waals surface area contributed by atoms with Crippen LogP contribution >= 0.6 is 0 Å². The molecule has 1 aromatic rings. The van der Waals surface area contributed by atoms with Gasteiger partial charge in [-0.3, -0.25) is 4.79 Å². The molecular weight excluding hydrogens is 238 g/mol. The van der Waals surface area contributed by atoms with E-state index in [4.69, 9.17) is 4.74 Å². The Labute approximate surface area is 115 Å². The maximum atomic E-state index is 12.0. The lowest BCUT2D eigenvalue weighted by atomic mass is 9.86. The SMILES string of the molecule is COc1ccc(CC(=O)N[C@H]2CCCC[C@H]2C)cc1. The van der Waals surface area contributed by atoms with Gasteiger partial charge in [0.25, 0.3) is 0 Å². The minimum absolute atomic E-state index is 0.129. The number of amides is 1. The third kappa shape index (κ3) is 3.98. The Hall–Kier alpha value is -1.51. The highest BCUT2D eigenvalue weighted by atomic mass is 16.5. The first-order chi connectivity index (χ1) is 9.19. The summed E-state index contributed by atoms with van der Waals surface area (Å²) in [6.07, 6.45) is 5.33. The zero-order chi connectivity index (χ0) is 13.7. The molecule has 1 amide bonds. The fourth-order valence-corrected chi connectivity index (χ4v) is 2.72. The molecule has 104 valence electrons. The number of hydrogen-bond donors (Lipinski definition) is 1. The fraction of sp³-hybridized carbons (Fsp3) is 0.562. The van der Waals surface area contributed by atoms with E-state index in [0.29, 0.717) is 18.4 Å². The summed E-state index contributed by atoms with van der Waals surface area (Å²) in [5.41, 5.74) is 1.03. The number of rotatable bonds is 4. The summed E-state index contributed by atoms with van der Waals surface area (Å²) in [6.45, 7) is 2.23. The molecular formula is C16H23NO2. The van der Waals surface area contributed by atoms with Crippen molar-refractivity contribution in [1.82, 2.24) is 5.32 Å². The van der Waals surface area contributed by atoms with Crippen molar-refractivity contribution in [2.75, 3.05) is 7.11 Å². The molecule has 2 rings (SSSR count). The van der Waals surface area contributed by atoms with Crippen molar-refractivity contribution < 1.29 is 9.53 Å². The second kappa shape index (κ2) is 6.60. The molecule has 0 bridgehead atoms. The van der Waals surface area contributed by atoms with Crippen molar-refractivity contribution in [1.29, 1.82) is 0 Å². The number of nitrogens with one attached hydrogen (secondary N) is 1. The number of benzene rings is 1. The van der Waals surface area contributed by atoms with Crippen LogP contribution in [0.25, 0.3) is 0 Å². The Morgan fingerprint density at radius 2 is 1.95 bits per heavy atom. The summed E-state index contributed by atoms with van der Waals surface area (Å²) in [5, 5.41) is 3.18. The monoisotopic (exact) mass is 261 g/mol. The van der Waals surface area contributed by atoms with Crippen LogP contribution in [0.4, 0.5) is 0 Å². The van der Waals surface area contributed by atoms with Gasteiger partial charge in [-0.25, -0.2) is 0 Å². The van der Waals surface area contributed by atoms with Gasteiger partial charge in [-0.2, -0.15) is 0 Å². The average molecular weight is 261 g/mol. The first kappa shape index (κ1) is 13.9. The topological polar surface area (TPSA) is 38.3 Å². The minimum Gasteiger partial charge on any atom is -0.497 e. The second-order valence-electron chi connectivity index (χ2n) is 5.46. The molecule has 19 heavy (non-hydrogen) atoms. The smallest absolute Gasteiger partial charge is 0.224 e. The first-order valence-electron chi connectivity index (χ1n) is 7.11. The molecule has 2 atom stereocenters. The summed E-state index contributed by atoms with van der Waals surface area (Å²) in [7, 11) is 1.65. The van der Waals surface area contributed by atoms with Crippen LogP contribution in [-0.2, 0) is 11.2 Å². The minimum atomic E-state index is 0.129. The molecule has 1 aliphatic rings. The van der Waals surface area contributed by atoms with Crippen molar-refractivity contribution >= 4 is 5.91 Å². The molecule has 0 unspecified atom stereocenters. The van der Waals surface area contributed by atoms with E-state index in [1.54, 1.807) is 7.11 Å². The van der Waals surface area contributed by atoms with Crippen molar-refractivity contribution in [2.24, 2.45) is 5.92 Å². The molecule has 1 N–H and O–H groups in total. The van der Waals surface area contributed by atoms with Gasteiger partial charge >= 0.3 is 0 Å². The predicted octanol–water partition coefficient (Wildman–Crippen LogP) is 2.93. The Morgan fingerprint density at radius 3 is 2.58 bits per heavy atom. The normalized spacial score (nSPS) is 22.8. The molecule has 3 nitrogen and oxygen atoms in total. The summed E-state index contributed by atoms with van der Waals surface area (Å²) < 4.78 is 5.11. The maximum Gasteiger partial charge on any atom is 0.224 e. The molecule has 0 heterocycles. The van der Waals surface area contributed by atoms with Crippen LogP contribution in [0.3, 0.4) is 0 Å². The van der Waals surface area contributed by atoms with E-state index in [0.717, 1.165) is 17.7 Å². The molecule has 0 radical (unpaired) electrons. The van der Waals surface area contributed by atoms with E-state index in [2.05, 4.69) is 12.2 Å². The van der Waals surface area contributed by atoms with Crippen molar-refractivity contribution in [3.05, 3.63) is 29.8 Å². The van der Waals surface area contributed by atoms with Gasteiger partial charge in [0.1, 0.15) is 5.75 Å². The van der Waals surface area contributed by atoms with Crippen LogP contribution in [0.2, 0.25) is 0 Å². The van der Waals surface area contributed by atoms with E-state index in [1.807, 2.05) is 24.3 Å². The van der Waals surface area contributed by atoms with Gasteiger partial charge in [0.15, 0.2) is 0 Å². The Kier molecular flexibility index (Phi) is 4.83. The highest BCUT2D eigenvalue weighted by molar-refractivity contribution is 5.78. The number of carbonyl (C=O) groups is 1. The lowest BCUT2D eigenvalue weighted by Gasteiger charge is -2.29. The summed E-state index contributed by atoms with van der Waals surface area (Å²) in [6, 6.07) is 8.04. The van der Waals surface area contributed by atoms with Crippen LogP contribution in [0.1, 0.15) is 38.2 Å². The number of ether oxygens (including phenoxy) is 1. The maximum absolute atomic E-state index is 12.0. The van der Waals surface area contributed by atoms with Crippen molar-refractivity contribution in [3.8, 4) is 5.75 Å². The molecule has 0 aliphatic heterocycles. The van der Waals surface area contributed by atoms with E-state index in [1.165, 1.54) is 19.3 Å². The van der Waals surface area contributed by atoms with Crippen molar-refractivity contribution in [3.63, 3.8) is 0 Å². The zero-order valence-corrected chi connectivity index (χ0v) is 11.8. The molecule has 1 aromatic carbocycles. The van der Waals surface area contributed by atoms with Gasteiger partial charge in [-0.05, 0) is 36.5 Å². The molecule has 0 spiro atoms. The number of carbonyl (C=O) groups excluding carboxylic acids is 1. The summed E-state index contributed by atoms with van der Waals surface area (Å²) >= 11 is 0. The van der Waals surface area contributed by atoms with E-state index >= 15 is 0 Å². The molecule has 1 aliphatic carbocycles. The molecule has 1 fully saturated rings. The second-order valence-corrected chi connectivity index (χ2v) is 5.46. The Balaban J connectivity index is 1.86. The molecule has 0 aromatic heterocycles. The number of methoxy groups -OCH3 is 1. The summed E-state index contributed by atoms with van der Waals surface area (Å²) in [4.78, 5) is 12.0. The van der Waals surface area contributed by atoms with Gasteiger partial charge in [-0.15, -0.1) is 0 Å². The number of hydrogen-bond acceptors (Lipinski definition) is 2. The quantitative estimate of drug-likeness (QED) is 0.905. The highest BCUT2D eigenvalue weighted by Crippen LogP contribution is 2.23.